The predicted molar refractivity (Wildman–Crippen MR) is 113 cm³/mol. The lowest BCUT2D eigenvalue weighted by Crippen LogP contribution is -2.31. The molecule has 0 unspecified atom stereocenters. The van der Waals surface area contributed by atoms with Crippen molar-refractivity contribution in [3.63, 3.8) is 0 Å². The summed E-state index contributed by atoms with van der Waals surface area (Å²) in [7, 11) is -3.38. The van der Waals surface area contributed by atoms with Crippen LogP contribution in [0.25, 0.3) is 0 Å². The highest BCUT2D eigenvalue weighted by atomic mass is 35.5. The number of aryl methyl sites for hydroxylation is 1. The van der Waals surface area contributed by atoms with E-state index < -0.39 is 10.0 Å². The Balaban J connectivity index is 0.00000261. The van der Waals surface area contributed by atoms with E-state index in [2.05, 4.69) is 33.9 Å². The molecule has 0 saturated heterocycles. The first kappa shape index (κ1) is 21.9. The third-order valence-corrected chi connectivity index (χ3v) is 6.41. The normalized spacial score (nSPS) is 14.4. The Kier molecular flexibility index (Phi) is 8.29. The van der Waals surface area contributed by atoms with E-state index in [9.17, 15) is 8.42 Å². The first-order chi connectivity index (χ1) is 12.5. The minimum atomic E-state index is -3.38. The number of halogens is 1. The number of rotatable bonds is 8. The summed E-state index contributed by atoms with van der Waals surface area (Å²) in [5, 5.41) is 0. The van der Waals surface area contributed by atoms with Gasteiger partial charge in [0, 0.05) is 19.6 Å². The number of hydrogen-bond acceptors (Lipinski definition) is 3. The zero-order chi connectivity index (χ0) is 18.4. The standard InChI is InChI=1S/C21H28N2O2S.ClH/c1-18-8-7-11-21(16-18)26(24,25)22-13-5-2-6-14-23-15-12-19-9-3-4-10-20(19)17-23;/h3-4,7-11,16,22H,2,5-6,12-15,17H2,1H3;1H. The molecule has 0 aromatic heterocycles. The maximum Gasteiger partial charge on any atom is 0.240 e. The van der Waals surface area contributed by atoms with Crippen molar-refractivity contribution in [2.24, 2.45) is 0 Å². The van der Waals surface area contributed by atoms with Crippen LogP contribution in [0, 0.1) is 6.92 Å². The summed E-state index contributed by atoms with van der Waals surface area (Å²) in [5.41, 5.74) is 3.88. The number of nitrogens with one attached hydrogen (secondary N) is 1. The molecule has 1 heterocycles. The topological polar surface area (TPSA) is 49.4 Å². The van der Waals surface area contributed by atoms with Gasteiger partial charge in [-0.2, -0.15) is 0 Å². The molecule has 0 fully saturated rings. The summed E-state index contributed by atoms with van der Waals surface area (Å²) >= 11 is 0. The molecule has 1 aliphatic rings. The molecule has 148 valence electrons. The summed E-state index contributed by atoms with van der Waals surface area (Å²) in [6.45, 7) is 5.64. The zero-order valence-corrected chi connectivity index (χ0v) is 17.5. The highest BCUT2D eigenvalue weighted by Gasteiger charge is 2.15. The van der Waals surface area contributed by atoms with Crippen molar-refractivity contribution < 1.29 is 8.42 Å². The molecule has 0 bridgehead atoms. The number of fused-ring (bicyclic) bond motifs is 1. The maximum atomic E-state index is 12.3. The number of hydrogen-bond donors (Lipinski definition) is 1. The second-order valence-corrected chi connectivity index (χ2v) is 8.84. The van der Waals surface area contributed by atoms with Crippen LogP contribution < -0.4 is 4.72 Å². The van der Waals surface area contributed by atoms with Crippen LogP contribution in [0.5, 0.6) is 0 Å². The van der Waals surface area contributed by atoms with Crippen molar-refractivity contribution in [1.29, 1.82) is 0 Å². The van der Waals surface area contributed by atoms with Gasteiger partial charge in [0.1, 0.15) is 0 Å². The lowest BCUT2D eigenvalue weighted by atomic mass is 10.00. The summed E-state index contributed by atoms with van der Waals surface area (Å²) in [4.78, 5) is 2.85. The first-order valence-electron chi connectivity index (χ1n) is 9.40. The second kappa shape index (κ2) is 10.2. The summed E-state index contributed by atoms with van der Waals surface area (Å²) < 4.78 is 27.2. The first-order valence-corrected chi connectivity index (χ1v) is 10.9. The molecule has 0 amide bonds. The fourth-order valence-electron chi connectivity index (χ4n) is 3.45. The molecule has 6 heteroatoms. The van der Waals surface area contributed by atoms with Crippen LogP contribution >= 0.6 is 12.4 Å². The van der Waals surface area contributed by atoms with E-state index >= 15 is 0 Å². The van der Waals surface area contributed by atoms with E-state index in [1.807, 2.05) is 13.0 Å². The summed E-state index contributed by atoms with van der Waals surface area (Å²) in [6, 6.07) is 15.7. The van der Waals surface area contributed by atoms with Gasteiger partial charge in [-0.15, -0.1) is 12.4 Å². The van der Waals surface area contributed by atoms with Crippen molar-refractivity contribution in [3.05, 3.63) is 65.2 Å². The number of sulfonamides is 1. The third kappa shape index (κ3) is 6.32. The van der Waals surface area contributed by atoms with Gasteiger partial charge in [-0.05, 0) is 61.6 Å². The Labute approximate surface area is 169 Å². The van der Waals surface area contributed by atoms with Crippen LogP contribution in [0.3, 0.4) is 0 Å². The molecular formula is C21H29ClN2O2S. The van der Waals surface area contributed by atoms with E-state index in [0.717, 1.165) is 50.9 Å². The number of nitrogens with zero attached hydrogens (tertiary/aromatic N) is 1. The van der Waals surface area contributed by atoms with E-state index in [-0.39, 0.29) is 12.4 Å². The van der Waals surface area contributed by atoms with Gasteiger partial charge in [0.05, 0.1) is 4.90 Å². The van der Waals surface area contributed by atoms with Gasteiger partial charge in [-0.1, -0.05) is 42.8 Å². The molecule has 0 atom stereocenters. The summed E-state index contributed by atoms with van der Waals surface area (Å²) in [6.07, 6.45) is 4.14. The molecule has 4 nitrogen and oxygen atoms in total. The highest BCUT2D eigenvalue weighted by molar-refractivity contribution is 7.89. The molecule has 3 rings (SSSR count). The molecule has 2 aromatic rings. The lowest BCUT2D eigenvalue weighted by Gasteiger charge is -2.28. The van der Waals surface area contributed by atoms with Crippen LogP contribution in [0.2, 0.25) is 0 Å². The highest BCUT2D eigenvalue weighted by Crippen LogP contribution is 2.18. The van der Waals surface area contributed by atoms with Crippen LogP contribution in [-0.4, -0.2) is 33.0 Å². The number of benzene rings is 2. The van der Waals surface area contributed by atoms with Crippen molar-refractivity contribution in [1.82, 2.24) is 9.62 Å². The van der Waals surface area contributed by atoms with Gasteiger partial charge < -0.3 is 0 Å². The quantitative estimate of drug-likeness (QED) is 0.673. The van der Waals surface area contributed by atoms with Crippen LogP contribution in [0.4, 0.5) is 0 Å². The minimum absolute atomic E-state index is 0. The van der Waals surface area contributed by atoms with Gasteiger partial charge in [-0.3, -0.25) is 4.90 Å². The smallest absolute Gasteiger partial charge is 0.240 e. The van der Waals surface area contributed by atoms with Crippen LogP contribution in [0.15, 0.2) is 53.4 Å². The summed E-state index contributed by atoms with van der Waals surface area (Å²) in [5.74, 6) is 0. The molecule has 1 N–H and O–H groups in total. The fraction of sp³-hybridized carbons (Fsp3) is 0.429. The average Bonchev–Trinajstić information content (AvgIpc) is 2.64. The van der Waals surface area contributed by atoms with Gasteiger partial charge in [0.25, 0.3) is 0 Å². The SMILES string of the molecule is Cc1cccc(S(=O)(=O)NCCCCCN2CCc3ccccc3C2)c1.Cl. The van der Waals surface area contributed by atoms with E-state index in [4.69, 9.17) is 0 Å². The molecule has 2 aromatic carbocycles. The van der Waals surface area contributed by atoms with E-state index in [1.54, 1.807) is 18.2 Å². The van der Waals surface area contributed by atoms with Crippen LogP contribution in [0.1, 0.15) is 36.0 Å². The van der Waals surface area contributed by atoms with Crippen molar-refractivity contribution in [2.45, 2.75) is 44.0 Å². The zero-order valence-electron chi connectivity index (χ0n) is 15.9. The van der Waals surface area contributed by atoms with E-state index in [1.165, 1.54) is 11.1 Å². The van der Waals surface area contributed by atoms with Gasteiger partial charge in [0.2, 0.25) is 10.0 Å². The average molecular weight is 409 g/mol. The fourth-order valence-corrected chi connectivity index (χ4v) is 4.63. The van der Waals surface area contributed by atoms with Gasteiger partial charge >= 0.3 is 0 Å². The Bertz CT molecular complexity index is 840. The monoisotopic (exact) mass is 408 g/mol. The molecule has 0 spiro atoms. The lowest BCUT2D eigenvalue weighted by molar-refractivity contribution is 0.248. The molecule has 1 aliphatic heterocycles. The van der Waals surface area contributed by atoms with Crippen molar-refractivity contribution >= 4 is 22.4 Å². The van der Waals surface area contributed by atoms with Crippen molar-refractivity contribution in [3.8, 4) is 0 Å². The maximum absolute atomic E-state index is 12.3. The Morgan fingerprint density at radius 2 is 1.78 bits per heavy atom. The Morgan fingerprint density at radius 3 is 2.56 bits per heavy atom. The number of unbranched alkanes of at least 4 members (excludes halogenated alkanes) is 2. The Morgan fingerprint density at radius 1 is 1.00 bits per heavy atom. The predicted octanol–water partition coefficient (Wildman–Crippen LogP) is 3.92. The van der Waals surface area contributed by atoms with E-state index in [0.29, 0.717) is 11.4 Å². The van der Waals surface area contributed by atoms with Gasteiger partial charge in [-0.25, -0.2) is 13.1 Å². The minimum Gasteiger partial charge on any atom is -0.299 e. The largest absolute Gasteiger partial charge is 0.299 e. The van der Waals surface area contributed by atoms with Crippen LogP contribution in [-0.2, 0) is 23.0 Å². The van der Waals surface area contributed by atoms with Gasteiger partial charge in [0.15, 0.2) is 0 Å². The molecule has 0 saturated carbocycles. The third-order valence-electron chi connectivity index (χ3n) is 4.95. The second-order valence-electron chi connectivity index (χ2n) is 7.07. The molecule has 0 aliphatic carbocycles. The molecule has 0 radical (unpaired) electrons. The Hall–Kier alpha value is -1.40. The molecular weight excluding hydrogens is 380 g/mol. The molecule has 27 heavy (non-hydrogen) atoms. The van der Waals surface area contributed by atoms with Crippen molar-refractivity contribution in [2.75, 3.05) is 19.6 Å².